The molecule has 1 aromatic heterocycles. The summed E-state index contributed by atoms with van der Waals surface area (Å²) < 4.78 is 11.5. The second-order valence-electron chi connectivity index (χ2n) is 4.00. The molecule has 0 amide bonds. The van der Waals surface area contributed by atoms with Crippen LogP contribution in [-0.4, -0.2) is 14.2 Å². The first-order valence-electron chi connectivity index (χ1n) is 5.88. The fourth-order valence-electron chi connectivity index (χ4n) is 1.82. The van der Waals surface area contributed by atoms with Gasteiger partial charge in [-0.05, 0) is 45.1 Å². The number of thiophene rings is 1. The minimum Gasteiger partial charge on any atom is -1.00 e. The fraction of sp³-hybridized carbons (Fsp3) is 0.286. The van der Waals surface area contributed by atoms with E-state index in [1.807, 2.05) is 12.1 Å². The van der Waals surface area contributed by atoms with Crippen molar-refractivity contribution in [3.63, 3.8) is 0 Å². The minimum atomic E-state index is 0. The van der Waals surface area contributed by atoms with Gasteiger partial charge in [0.05, 0.1) is 18.7 Å². The molecule has 0 saturated carbocycles. The molecule has 1 heterocycles. The molecule has 0 saturated heterocycles. The summed E-state index contributed by atoms with van der Waals surface area (Å²) in [5.74, 6) is 1.47. The molecule has 1 N–H and O–H groups in total. The van der Waals surface area contributed by atoms with Crippen molar-refractivity contribution in [2.75, 3.05) is 14.2 Å². The predicted octanol–water partition coefficient (Wildman–Crippen LogP) is 0.822. The van der Waals surface area contributed by atoms with Crippen molar-refractivity contribution in [3.8, 4) is 11.5 Å². The molecule has 0 bridgehead atoms. The van der Waals surface area contributed by atoms with E-state index in [-0.39, 0.29) is 12.4 Å². The molecule has 20 heavy (non-hydrogen) atoms. The van der Waals surface area contributed by atoms with Crippen LogP contribution in [0.4, 0.5) is 0 Å². The summed E-state index contributed by atoms with van der Waals surface area (Å²) in [6.45, 7) is 1.67. The highest BCUT2D eigenvalue weighted by molar-refractivity contribution is 9.10. The SMILES string of the molecule is COc1cc(CNCc2cccs2)cc(Br)c1OC.[Cl-]. The van der Waals surface area contributed by atoms with Crippen molar-refractivity contribution in [2.45, 2.75) is 13.1 Å². The number of benzene rings is 1. The lowest BCUT2D eigenvalue weighted by molar-refractivity contribution is -0.00000424. The molecule has 2 aromatic rings. The van der Waals surface area contributed by atoms with Crippen LogP contribution in [0.1, 0.15) is 10.4 Å². The van der Waals surface area contributed by atoms with Crippen molar-refractivity contribution < 1.29 is 21.9 Å². The molecule has 0 aliphatic rings. The number of rotatable bonds is 6. The molecule has 6 heteroatoms. The van der Waals surface area contributed by atoms with Gasteiger partial charge in [-0.15, -0.1) is 11.3 Å². The van der Waals surface area contributed by atoms with E-state index >= 15 is 0 Å². The Balaban J connectivity index is 0.00000200. The molecule has 110 valence electrons. The van der Waals surface area contributed by atoms with Gasteiger partial charge in [-0.3, -0.25) is 0 Å². The first kappa shape index (κ1) is 17.3. The monoisotopic (exact) mass is 376 g/mol. The zero-order chi connectivity index (χ0) is 13.7. The predicted molar refractivity (Wildman–Crippen MR) is 82.1 cm³/mol. The van der Waals surface area contributed by atoms with Crippen molar-refractivity contribution in [1.29, 1.82) is 0 Å². The van der Waals surface area contributed by atoms with Gasteiger partial charge in [0, 0.05) is 18.0 Å². The van der Waals surface area contributed by atoms with E-state index in [0.717, 1.165) is 34.6 Å². The quantitative estimate of drug-likeness (QED) is 0.809. The van der Waals surface area contributed by atoms with Crippen molar-refractivity contribution in [2.24, 2.45) is 0 Å². The fourth-order valence-corrected chi connectivity index (χ4v) is 3.14. The van der Waals surface area contributed by atoms with Crippen LogP contribution in [0.3, 0.4) is 0 Å². The number of nitrogens with one attached hydrogen (secondary N) is 1. The largest absolute Gasteiger partial charge is 1.00 e. The molecule has 2 rings (SSSR count). The van der Waals surface area contributed by atoms with Gasteiger partial charge in [-0.2, -0.15) is 0 Å². The van der Waals surface area contributed by atoms with Crippen LogP contribution in [0, 0.1) is 0 Å². The van der Waals surface area contributed by atoms with E-state index in [1.54, 1.807) is 25.6 Å². The summed E-state index contributed by atoms with van der Waals surface area (Å²) in [5.41, 5.74) is 1.15. The molecule has 0 unspecified atom stereocenters. The molecule has 0 aliphatic heterocycles. The summed E-state index contributed by atoms with van der Waals surface area (Å²) in [7, 11) is 3.28. The topological polar surface area (TPSA) is 30.5 Å². The zero-order valence-electron chi connectivity index (χ0n) is 11.3. The molecule has 0 radical (unpaired) electrons. The van der Waals surface area contributed by atoms with Gasteiger partial charge >= 0.3 is 0 Å². The normalized spacial score (nSPS) is 9.95. The summed E-state index contributed by atoms with van der Waals surface area (Å²) in [6, 6.07) is 8.23. The molecular formula is C14H16BrClNO2S-. The first-order valence-corrected chi connectivity index (χ1v) is 7.55. The van der Waals surface area contributed by atoms with Crippen LogP contribution in [0.15, 0.2) is 34.1 Å². The van der Waals surface area contributed by atoms with E-state index in [1.165, 1.54) is 4.88 Å². The number of ether oxygens (including phenoxy) is 2. The average molecular weight is 378 g/mol. The summed E-state index contributed by atoms with van der Waals surface area (Å²) in [6.07, 6.45) is 0. The van der Waals surface area contributed by atoms with Gasteiger partial charge in [-0.1, -0.05) is 6.07 Å². The van der Waals surface area contributed by atoms with E-state index < -0.39 is 0 Å². The maximum absolute atomic E-state index is 5.33. The van der Waals surface area contributed by atoms with Crippen molar-refractivity contribution in [1.82, 2.24) is 5.32 Å². The van der Waals surface area contributed by atoms with Gasteiger partial charge in [0.15, 0.2) is 11.5 Å². The highest BCUT2D eigenvalue weighted by Gasteiger charge is 2.10. The van der Waals surface area contributed by atoms with Gasteiger partial charge in [-0.25, -0.2) is 0 Å². The second-order valence-corrected chi connectivity index (χ2v) is 5.88. The Morgan fingerprint density at radius 2 is 2.00 bits per heavy atom. The van der Waals surface area contributed by atoms with Gasteiger partial charge in [0.2, 0.25) is 0 Å². The molecule has 3 nitrogen and oxygen atoms in total. The molecule has 0 fully saturated rings. The maximum Gasteiger partial charge on any atom is 0.174 e. The smallest absolute Gasteiger partial charge is 0.174 e. The van der Waals surface area contributed by atoms with Crippen molar-refractivity contribution in [3.05, 3.63) is 44.6 Å². The summed E-state index contributed by atoms with van der Waals surface area (Å²) >= 11 is 5.26. The van der Waals surface area contributed by atoms with Gasteiger partial charge in [0.1, 0.15) is 0 Å². The Labute approximate surface area is 137 Å². The van der Waals surface area contributed by atoms with E-state index in [4.69, 9.17) is 9.47 Å². The van der Waals surface area contributed by atoms with Crippen LogP contribution in [0.5, 0.6) is 11.5 Å². The highest BCUT2D eigenvalue weighted by atomic mass is 79.9. The van der Waals surface area contributed by atoms with Crippen LogP contribution < -0.4 is 27.2 Å². The third-order valence-corrected chi connectivity index (χ3v) is 4.17. The van der Waals surface area contributed by atoms with Crippen molar-refractivity contribution >= 4 is 27.3 Å². The highest BCUT2D eigenvalue weighted by Crippen LogP contribution is 2.36. The van der Waals surface area contributed by atoms with Crippen LogP contribution in [-0.2, 0) is 13.1 Å². The van der Waals surface area contributed by atoms with Crippen LogP contribution >= 0.6 is 27.3 Å². The maximum atomic E-state index is 5.33. The Morgan fingerprint density at radius 3 is 2.60 bits per heavy atom. The number of methoxy groups -OCH3 is 2. The van der Waals surface area contributed by atoms with Crippen LogP contribution in [0.2, 0.25) is 0 Å². The van der Waals surface area contributed by atoms with E-state index in [0.29, 0.717) is 0 Å². The average Bonchev–Trinajstić information content (AvgIpc) is 2.91. The summed E-state index contributed by atoms with van der Waals surface area (Å²) in [4.78, 5) is 1.33. The molecule has 1 aromatic carbocycles. The third-order valence-electron chi connectivity index (χ3n) is 2.70. The Hall–Kier alpha value is -0.750. The van der Waals surface area contributed by atoms with Crippen LogP contribution in [0.25, 0.3) is 0 Å². The standard InChI is InChI=1S/C14H16BrNO2S.ClH/c1-17-13-7-10(6-12(15)14(13)18-2)8-16-9-11-4-3-5-19-11;/h3-7,16H,8-9H2,1-2H3;1H/p-1. The third kappa shape index (κ3) is 4.38. The lowest BCUT2D eigenvalue weighted by atomic mass is 10.2. The Kier molecular flexibility index (Phi) is 7.37. The molecule has 0 aliphatic carbocycles. The summed E-state index contributed by atoms with van der Waals surface area (Å²) in [5, 5.41) is 5.50. The van der Waals surface area contributed by atoms with E-state index in [2.05, 4.69) is 38.8 Å². The number of halogens is 2. The number of hydrogen-bond acceptors (Lipinski definition) is 4. The molecule has 0 atom stereocenters. The lowest BCUT2D eigenvalue weighted by Gasteiger charge is -2.12. The minimum absolute atomic E-state index is 0. The lowest BCUT2D eigenvalue weighted by Crippen LogP contribution is -3.00. The van der Waals surface area contributed by atoms with E-state index in [9.17, 15) is 0 Å². The van der Waals surface area contributed by atoms with Gasteiger partial charge < -0.3 is 27.2 Å². The Bertz CT molecular complexity index is 534. The first-order chi connectivity index (χ1) is 9.24. The second kappa shape index (κ2) is 8.52. The Morgan fingerprint density at radius 1 is 1.20 bits per heavy atom. The molecule has 0 spiro atoms. The van der Waals surface area contributed by atoms with Gasteiger partial charge in [0.25, 0.3) is 0 Å². The molecular weight excluding hydrogens is 362 g/mol. The number of hydrogen-bond donors (Lipinski definition) is 1. The zero-order valence-corrected chi connectivity index (χ0v) is 14.4.